The number of hydrogen-bond acceptors (Lipinski definition) is 6. The molecule has 1 aromatic carbocycles. The minimum absolute atomic E-state index is 0.00786. The van der Waals surface area contributed by atoms with Crippen molar-refractivity contribution in [2.75, 3.05) is 26.7 Å². The van der Waals surface area contributed by atoms with Crippen LogP contribution in [0.5, 0.6) is 11.5 Å². The monoisotopic (exact) mass is 326 g/mol. The van der Waals surface area contributed by atoms with E-state index in [2.05, 4.69) is 0 Å². The second kappa shape index (κ2) is 7.24. The third-order valence-corrected chi connectivity index (χ3v) is 5.21. The normalized spacial score (nSPS) is 19.8. The van der Waals surface area contributed by atoms with Crippen LogP contribution in [0.3, 0.4) is 0 Å². The van der Waals surface area contributed by atoms with Crippen LogP contribution in [-0.4, -0.2) is 38.6 Å². The molecule has 2 rings (SSSR count). The van der Waals surface area contributed by atoms with Gasteiger partial charge >= 0.3 is 0 Å². The van der Waals surface area contributed by atoms with Gasteiger partial charge in [-0.15, -0.1) is 23.5 Å². The van der Waals surface area contributed by atoms with Gasteiger partial charge in [0.2, 0.25) is 0 Å². The zero-order chi connectivity index (χ0) is 15.4. The van der Waals surface area contributed by atoms with E-state index in [9.17, 15) is 4.79 Å². The summed E-state index contributed by atoms with van der Waals surface area (Å²) in [4.78, 5) is 12.1. The average Bonchev–Trinajstić information content (AvgIpc) is 3.32. The molecule has 0 bridgehead atoms. The highest BCUT2D eigenvalue weighted by atomic mass is 32.2. The van der Waals surface area contributed by atoms with Crippen molar-refractivity contribution >= 4 is 29.3 Å². The van der Waals surface area contributed by atoms with E-state index in [1.54, 1.807) is 43.8 Å². The Morgan fingerprint density at radius 3 is 2.43 bits per heavy atom. The van der Waals surface area contributed by atoms with Gasteiger partial charge in [0.1, 0.15) is 6.10 Å². The lowest BCUT2D eigenvalue weighted by molar-refractivity contribution is -0.115. The molecule has 21 heavy (non-hydrogen) atoms. The number of carbonyl (C=O) groups is 1. The fraction of sp³-hybridized carbons (Fsp3) is 0.400. The molecule has 1 aliphatic rings. The minimum Gasteiger partial charge on any atom is -0.493 e. The number of ketones is 1. The Morgan fingerprint density at radius 1 is 1.19 bits per heavy atom. The number of benzene rings is 1. The van der Waals surface area contributed by atoms with Gasteiger partial charge in [0.15, 0.2) is 23.4 Å². The molecule has 6 heteroatoms. The standard InChI is InChI=1S/C15H18O4S2/c1-17-11-6-5-9(7-12(11)18-2)14-15(19-14)10(16)8-13(20-3)21-4/h5-8,14-15H,1-4H3/t14-,15-/m1/s1. The number of carbonyl (C=O) groups excluding carboxylic acids is 1. The summed E-state index contributed by atoms with van der Waals surface area (Å²) in [7, 11) is 3.18. The fourth-order valence-electron chi connectivity index (χ4n) is 2.01. The average molecular weight is 326 g/mol. The van der Waals surface area contributed by atoms with Gasteiger partial charge in [-0.1, -0.05) is 6.07 Å². The van der Waals surface area contributed by atoms with Crippen LogP contribution in [0.1, 0.15) is 11.7 Å². The molecule has 0 unspecified atom stereocenters. The van der Waals surface area contributed by atoms with E-state index in [0.29, 0.717) is 11.5 Å². The summed E-state index contributed by atoms with van der Waals surface area (Å²) >= 11 is 3.13. The van der Waals surface area contributed by atoms with Crippen LogP contribution in [0.15, 0.2) is 28.5 Å². The summed E-state index contributed by atoms with van der Waals surface area (Å²) in [6, 6.07) is 5.57. The number of thioether (sulfide) groups is 2. The van der Waals surface area contributed by atoms with Crippen LogP contribution in [0, 0.1) is 0 Å². The number of methoxy groups -OCH3 is 2. The van der Waals surface area contributed by atoms with Crippen molar-refractivity contribution in [3.63, 3.8) is 0 Å². The van der Waals surface area contributed by atoms with E-state index in [-0.39, 0.29) is 11.9 Å². The number of hydrogen-bond donors (Lipinski definition) is 0. The van der Waals surface area contributed by atoms with E-state index >= 15 is 0 Å². The van der Waals surface area contributed by atoms with Gasteiger partial charge < -0.3 is 14.2 Å². The Hall–Kier alpha value is -1.11. The first-order chi connectivity index (χ1) is 10.1. The van der Waals surface area contributed by atoms with Crippen LogP contribution in [-0.2, 0) is 9.53 Å². The van der Waals surface area contributed by atoms with E-state index in [0.717, 1.165) is 9.80 Å². The Labute approximate surface area is 133 Å². The molecular weight excluding hydrogens is 308 g/mol. The van der Waals surface area contributed by atoms with Gasteiger partial charge in [-0.05, 0) is 30.2 Å². The Kier molecular flexibility index (Phi) is 5.61. The van der Waals surface area contributed by atoms with Gasteiger partial charge in [0.05, 0.1) is 14.2 Å². The number of epoxide rings is 1. The van der Waals surface area contributed by atoms with E-state index < -0.39 is 6.10 Å². The first-order valence-electron chi connectivity index (χ1n) is 6.35. The molecule has 0 saturated carbocycles. The lowest BCUT2D eigenvalue weighted by atomic mass is 10.1. The topological polar surface area (TPSA) is 48.1 Å². The lowest BCUT2D eigenvalue weighted by Crippen LogP contribution is -2.04. The minimum atomic E-state index is -0.391. The molecule has 4 nitrogen and oxygen atoms in total. The Bertz CT molecular complexity index is 551. The van der Waals surface area contributed by atoms with Gasteiger partial charge in [0.25, 0.3) is 0 Å². The molecule has 2 atom stereocenters. The van der Waals surface area contributed by atoms with Crippen LogP contribution in [0.2, 0.25) is 0 Å². The highest BCUT2D eigenvalue weighted by Gasteiger charge is 2.45. The highest BCUT2D eigenvalue weighted by molar-refractivity contribution is 8.21. The summed E-state index contributed by atoms with van der Waals surface area (Å²) in [5, 5.41) is 0. The maximum Gasteiger partial charge on any atom is 0.189 e. The number of ether oxygens (including phenoxy) is 3. The van der Waals surface area contributed by atoms with Crippen LogP contribution >= 0.6 is 23.5 Å². The summed E-state index contributed by atoms with van der Waals surface area (Å²) < 4.78 is 17.0. The molecule has 1 aliphatic heterocycles. The maximum atomic E-state index is 12.1. The Morgan fingerprint density at radius 2 is 1.86 bits per heavy atom. The van der Waals surface area contributed by atoms with Gasteiger partial charge in [-0.2, -0.15) is 0 Å². The SMILES string of the molecule is COc1ccc([C@H]2O[C@@H]2C(=O)C=C(SC)SC)cc1OC. The quantitative estimate of drug-likeness (QED) is 0.566. The van der Waals surface area contributed by atoms with Gasteiger partial charge in [0, 0.05) is 10.3 Å². The summed E-state index contributed by atoms with van der Waals surface area (Å²) in [6.07, 6.45) is 4.97. The highest BCUT2D eigenvalue weighted by Crippen LogP contribution is 2.43. The summed E-state index contributed by atoms with van der Waals surface area (Å²) in [6.45, 7) is 0. The molecule has 0 aromatic heterocycles. The fourth-order valence-corrected chi connectivity index (χ4v) is 3.15. The van der Waals surface area contributed by atoms with Gasteiger partial charge in [-0.3, -0.25) is 4.79 Å². The predicted molar refractivity (Wildman–Crippen MR) is 87.3 cm³/mol. The Balaban J connectivity index is 2.09. The van der Waals surface area contributed by atoms with Crippen LogP contribution in [0.4, 0.5) is 0 Å². The molecule has 1 heterocycles. The molecule has 0 radical (unpaired) electrons. The van der Waals surface area contributed by atoms with Crippen molar-refractivity contribution in [1.82, 2.24) is 0 Å². The third kappa shape index (κ3) is 3.75. The molecular formula is C15H18O4S2. The van der Waals surface area contributed by atoms with Crippen molar-refractivity contribution in [2.24, 2.45) is 0 Å². The van der Waals surface area contributed by atoms with Crippen molar-refractivity contribution in [2.45, 2.75) is 12.2 Å². The predicted octanol–water partition coefficient (Wildman–Crippen LogP) is 3.28. The molecule has 0 N–H and O–H groups in total. The first kappa shape index (κ1) is 16.3. The van der Waals surface area contributed by atoms with Crippen LogP contribution in [0.25, 0.3) is 0 Å². The molecule has 0 spiro atoms. The second-order valence-electron chi connectivity index (χ2n) is 4.37. The number of rotatable bonds is 7. The maximum absolute atomic E-state index is 12.1. The molecule has 114 valence electrons. The lowest BCUT2D eigenvalue weighted by Gasteiger charge is -2.08. The smallest absolute Gasteiger partial charge is 0.189 e. The molecule has 1 fully saturated rings. The van der Waals surface area contributed by atoms with E-state index in [4.69, 9.17) is 14.2 Å². The zero-order valence-electron chi connectivity index (χ0n) is 12.4. The van der Waals surface area contributed by atoms with Crippen LogP contribution < -0.4 is 9.47 Å². The second-order valence-corrected chi connectivity index (χ2v) is 6.32. The van der Waals surface area contributed by atoms with Crippen molar-refractivity contribution < 1.29 is 19.0 Å². The first-order valence-corrected chi connectivity index (χ1v) is 8.80. The van der Waals surface area contributed by atoms with E-state index in [1.165, 1.54) is 0 Å². The van der Waals surface area contributed by atoms with Crippen molar-refractivity contribution in [3.05, 3.63) is 34.1 Å². The van der Waals surface area contributed by atoms with Crippen molar-refractivity contribution in [3.8, 4) is 11.5 Å². The van der Waals surface area contributed by atoms with Gasteiger partial charge in [-0.25, -0.2) is 0 Å². The molecule has 0 aliphatic carbocycles. The largest absolute Gasteiger partial charge is 0.493 e. The zero-order valence-corrected chi connectivity index (χ0v) is 14.0. The summed E-state index contributed by atoms with van der Waals surface area (Å²) in [5.41, 5.74) is 0.925. The third-order valence-electron chi connectivity index (χ3n) is 3.17. The van der Waals surface area contributed by atoms with Crippen molar-refractivity contribution in [1.29, 1.82) is 0 Å². The molecule has 0 amide bonds. The summed E-state index contributed by atoms with van der Waals surface area (Å²) in [5.74, 6) is 1.31. The molecule has 1 aromatic rings. The molecule has 1 saturated heterocycles. The van der Waals surface area contributed by atoms with E-state index in [1.807, 2.05) is 30.7 Å².